The highest BCUT2D eigenvalue weighted by Gasteiger charge is 2.13. The molecule has 0 bridgehead atoms. The summed E-state index contributed by atoms with van der Waals surface area (Å²) in [5.74, 6) is -1.90. The number of hydrogen-bond acceptors (Lipinski definition) is 3. The number of carbonyl (C=O) groups excluding carboxylic acids is 1. The number of anilines is 1. The van der Waals surface area contributed by atoms with Crippen molar-refractivity contribution < 1.29 is 19.8 Å². The predicted molar refractivity (Wildman–Crippen MR) is 58.6 cm³/mol. The van der Waals surface area contributed by atoms with Gasteiger partial charge in [0.15, 0.2) is 5.75 Å². The van der Waals surface area contributed by atoms with Crippen molar-refractivity contribution in [1.29, 1.82) is 0 Å². The van der Waals surface area contributed by atoms with Crippen LogP contribution in [-0.2, 0) is 4.79 Å². The summed E-state index contributed by atoms with van der Waals surface area (Å²) in [6.07, 6.45) is 1.02. The normalized spacial score (nSPS) is 9.81. The summed E-state index contributed by atoms with van der Waals surface area (Å²) in [6.45, 7) is 1.85. The van der Waals surface area contributed by atoms with Crippen LogP contribution >= 0.6 is 0 Å². The van der Waals surface area contributed by atoms with Crippen molar-refractivity contribution >= 4 is 17.6 Å². The number of para-hydroxylation sites is 1. The van der Waals surface area contributed by atoms with Gasteiger partial charge in [-0.2, -0.15) is 0 Å². The number of carbonyl (C=O) groups is 2. The van der Waals surface area contributed by atoms with Crippen molar-refractivity contribution in [3.8, 4) is 5.75 Å². The molecule has 0 aliphatic heterocycles. The van der Waals surface area contributed by atoms with E-state index in [9.17, 15) is 14.7 Å². The van der Waals surface area contributed by atoms with E-state index in [-0.39, 0.29) is 17.2 Å². The number of aromatic carboxylic acids is 1. The monoisotopic (exact) mass is 223 g/mol. The first kappa shape index (κ1) is 12.0. The van der Waals surface area contributed by atoms with Crippen LogP contribution in [0.4, 0.5) is 5.69 Å². The number of benzene rings is 1. The molecular formula is C11H13NO4. The van der Waals surface area contributed by atoms with Crippen molar-refractivity contribution in [3.05, 3.63) is 23.8 Å². The summed E-state index contributed by atoms with van der Waals surface area (Å²) in [5, 5.41) is 20.8. The SMILES string of the molecule is CCCC(=O)Nc1cccc(C(=O)O)c1O. The third kappa shape index (κ3) is 2.73. The van der Waals surface area contributed by atoms with E-state index in [0.29, 0.717) is 12.8 Å². The van der Waals surface area contributed by atoms with E-state index in [1.165, 1.54) is 18.2 Å². The molecule has 0 saturated heterocycles. The molecule has 0 radical (unpaired) electrons. The van der Waals surface area contributed by atoms with Gasteiger partial charge in [-0.05, 0) is 18.6 Å². The largest absolute Gasteiger partial charge is 0.505 e. The third-order valence-corrected chi connectivity index (χ3v) is 2.02. The second kappa shape index (κ2) is 5.16. The first-order chi connectivity index (χ1) is 7.56. The molecule has 0 unspecified atom stereocenters. The van der Waals surface area contributed by atoms with E-state index in [4.69, 9.17) is 5.11 Å². The lowest BCUT2D eigenvalue weighted by atomic mass is 10.1. The van der Waals surface area contributed by atoms with E-state index < -0.39 is 11.7 Å². The van der Waals surface area contributed by atoms with E-state index in [2.05, 4.69) is 5.32 Å². The first-order valence-corrected chi connectivity index (χ1v) is 4.91. The molecule has 1 amide bonds. The smallest absolute Gasteiger partial charge is 0.339 e. The molecule has 0 aliphatic carbocycles. The second-order valence-electron chi connectivity index (χ2n) is 3.31. The minimum Gasteiger partial charge on any atom is -0.505 e. The molecule has 5 heteroatoms. The maximum absolute atomic E-state index is 11.3. The van der Waals surface area contributed by atoms with Crippen LogP contribution in [0.1, 0.15) is 30.1 Å². The molecule has 1 aromatic carbocycles. The van der Waals surface area contributed by atoms with Crippen LogP contribution < -0.4 is 5.32 Å². The highest BCUT2D eigenvalue weighted by Crippen LogP contribution is 2.27. The van der Waals surface area contributed by atoms with Crippen LogP contribution in [0, 0.1) is 0 Å². The molecule has 3 N–H and O–H groups in total. The van der Waals surface area contributed by atoms with Gasteiger partial charge in [0.1, 0.15) is 5.56 Å². The van der Waals surface area contributed by atoms with Crippen molar-refractivity contribution in [2.75, 3.05) is 5.32 Å². The van der Waals surface area contributed by atoms with Gasteiger partial charge in [-0.15, -0.1) is 0 Å². The minimum atomic E-state index is -1.23. The van der Waals surface area contributed by atoms with Gasteiger partial charge in [-0.25, -0.2) is 4.79 Å². The molecule has 0 aromatic heterocycles. The van der Waals surface area contributed by atoms with Crippen LogP contribution in [-0.4, -0.2) is 22.1 Å². The van der Waals surface area contributed by atoms with Crippen molar-refractivity contribution in [2.45, 2.75) is 19.8 Å². The van der Waals surface area contributed by atoms with Gasteiger partial charge in [-0.3, -0.25) is 4.79 Å². The molecular weight excluding hydrogens is 210 g/mol. The molecule has 0 heterocycles. The zero-order valence-corrected chi connectivity index (χ0v) is 8.86. The lowest BCUT2D eigenvalue weighted by molar-refractivity contribution is -0.116. The first-order valence-electron chi connectivity index (χ1n) is 4.91. The Morgan fingerprint density at radius 3 is 2.62 bits per heavy atom. The summed E-state index contributed by atoms with van der Waals surface area (Å²) in [5.41, 5.74) is -0.104. The summed E-state index contributed by atoms with van der Waals surface area (Å²) in [4.78, 5) is 22.0. The van der Waals surface area contributed by atoms with Crippen molar-refractivity contribution in [3.63, 3.8) is 0 Å². The Morgan fingerprint density at radius 2 is 2.06 bits per heavy atom. The molecule has 0 aliphatic rings. The Bertz CT molecular complexity index is 414. The van der Waals surface area contributed by atoms with E-state index in [0.717, 1.165) is 0 Å². The molecule has 1 aromatic rings. The standard InChI is InChI=1S/C11H13NO4/c1-2-4-9(13)12-8-6-3-5-7(10(8)14)11(15)16/h3,5-6,14H,2,4H2,1H3,(H,12,13)(H,15,16). The highest BCUT2D eigenvalue weighted by atomic mass is 16.4. The van der Waals surface area contributed by atoms with Crippen LogP contribution in [0.3, 0.4) is 0 Å². The third-order valence-electron chi connectivity index (χ3n) is 2.02. The number of rotatable bonds is 4. The van der Waals surface area contributed by atoms with E-state index >= 15 is 0 Å². The van der Waals surface area contributed by atoms with Gasteiger partial charge < -0.3 is 15.5 Å². The number of amides is 1. The zero-order chi connectivity index (χ0) is 12.1. The van der Waals surface area contributed by atoms with Crippen molar-refractivity contribution in [2.24, 2.45) is 0 Å². The molecule has 0 saturated carbocycles. The average molecular weight is 223 g/mol. The average Bonchev–Trinajstić information content (AvgIpc) is 2.21. The summed E-state index contributed by atoms with van der Waals surface area (Å²) in [7, 11) is 0. The number of aromatic hydroxyl groups is 1. The van der Waals surface area contributed by atoms with Gasteiger partial charge in [-0.1, -0.05) is 13.0 Å². The Morgan fingerprint density at radius 1 is 1.38 bits per heavy atom. The molecule has 1 rings (SSSR count). The Balaban J connectivity index is 2.93. The number of nitrogens with one attached hydrogen (secondary N) is 1. The van der Waals surface area contributed by atoms with E-state index in [1.54, 1.807) is 0 Å². The van der Waals surface area contributed by atoms with Crippen LogP contribution in [0.5, 0.6) is 5.75 Å². The Hall–Kier alpha value is -2.04. The Labute approximate surface area is 92.7 Å². The molecule has 0 fully saturated rings. The van der Waals surface area contributed by atoms with Gasteiger partial charge in [0.2, 0.25) is 5.91 Å². The number of hydrogen-bond donors (Lipinski definition) is 3. The minimum absolute atomic E-state index is 0.123. The van der Waals surface area contributed by atoms with Gasteiger partial charge in [0.25, 0.3) is 0 Å². The van der Waals surface area contributed by atoms with Gasteiger partial charge >= 0.3 is 5.97 Å². The molecule has 0 atom stereocenters. The molecule has 86 valence electrons. The summed E-state index contributed by atoms with van der Waals surface area (Å²) < 4.78 is 0. The van der Waals surface area contributed by atoms with Gasteiger partial charge in [0, 0.05) is 6.42 Å². The summed E-state index contributed by atoms with van der Waals surface area (Å²) in [6, 6.07) is 4.19. The number of phenols is 1. The van der Waals surface area contributed by atoms with Crippen LogP contribution in [0.25, 0.3) is 0 Å². The maximum Gasteiger partial charge on any atom is 0.339 e. The number of carboxylic acids is 1. The van der Waals surface area contributed by atoms with Crippen LogP contribution in [0.15, 0.2) is 18.2 Å². The quantitative estimate of drug-likeness (QED) is 0.679. The fraction of sp³-hybridized carbons (Fsp3) is 0.273. The molecule has 5 nitrogen and oxygen atoms in total. The zero-order valence-electron chi connectivity index (χ0n) is 8.86. The fourth-order valence-electron chi connectivity index (χ4n) is 1.26. The lowest BCUT2D eigenvalue weighted by Crippen LogP contribution is -2.11. The topological polar surface area (TPSA) is 86.6 Å². The van der Waals surface area contributed by atoms with Crippen molar-refractivity contribution in [1.82, 2.24) is 0 Å². The Kier molecular flexibility index (Phi) is 3.88. The van der Waals surface area contributed by atoms with Crippen LogP contribution in [0.2, 0.25) is 0 Å². The molecule has 16 heavy (non-hydrogen) atoms. The summed E-state index contributed by atoms with van der Waals surface area (Å²) >= 11 is 0. The predicted octanol–water partition coefficient (Wildman–Crippen LogP) is 1.83. The number of carboxylic acid groups (broad SMARTS) is 1. The highest BCUT2D eigenvalue weighted by molar-refractivity contribution is 5.97. The second-order valence-corrected chi connectivity index (χ2v) is 3.31. The lowest BCUT2D eigenvalue weighted by Gasteiger charge is -2.08. The molecule has 0 spiro atoms. The van der Waals surface area contributed by atoms with Gasteiger partial charge in [0.05, 0.1) is 5.69 Å². The fourth-order valence-corrected chi connectivity index (χ4v) is 1.26. The van der Waals surface area contributed by atoms with E-state index in [1.807, 2.05) is 6.92 Å². The maximum atomic E-state index is 11.3.